The first kappa shape index (κ1) is 13.3. The molecule has 1 aliphatic rings. The summed E-state index contributed by atoms with van der Waals surface area (Å²) in [4.78, 5) is 4.31. The Morgan fingerprint density at radius 1 is 1.20 bits per heavy atom. The predicted molar refractivity (Wildman–Crippen MR) is 77.7 cm³/mol. The van der Waals surface area contributed by atoms with Crippen molar-refractivity contribution in [2.45, 2.75) is 32.4 Å². The maximum Gasteiger partial charge on any atom is 0.123 e. The maximum atomic E-state index is 13.0. The SMILES string of the molecule is Cc1ccc(CNC(c2ccc(F)cc2)C2CC2)cn1. The van der Waals surface area contributed by atoms with E-state index in [0.29, 0.717) is 12.0 Å². The molecular formula is C17H19FN2. The topological polar surface area (TPSA) is 24.9 Å². The normalized spacial score (nSPS) is 16.1. The van der Waals surface area contributed by atoms with Crippen molar-refractivity contribution in [3.05, 3.63) is 65.2 Å². The monoisotopic (exact) mass is 270 g/mol. The third-order valence-electron chi connectivity index (χ3n) is 3.82. The van der Waals surface area contributed by atoms with Gasteiger partial charge in [-0.3, -0.25) is 4.98 Å². The molecule has 3 heteroatoms. The first-order chi connectivity index (χ1) is 9.72. The summed E-state index contributed by atoms with van der Waals surface area (Å²) >= 11 is 0. The molecule has 1 unspecified atom stereocenters. The number of pyridine rings is 1. The van der Waals surface area contributed by atoms with Crippen LogP contribution in [-0.2, 0) is 6.54 Å². The van der Waals surface area contributed by atoms with Crippen molar-refractivity contribution in [3.63, 3.8) is 0 Å². The molecule has 1 fully saturated rings. The lowest BCUT2D eigenvalue weighted by Gasteiger charge is -2.19. The highest BCUT2D eigenvalue weighted by Crippen LogP contribution is 2.41. The van der Waals surface area contributed by atoms with E-state index >= 15 is 0 Å². The number of hydrogen-bond acceptors (Lipinski definition) is 2. The van der Waals surface area contributed by atoms with Crippen molar-refractivity contribution in [2.24, 2.45) is 5.92 Å². The minimum Gasteiger partial charge on any atom is -0.306 e. The largest absolute Gasteiger partial charge is 0.306 e. The average molecular weight is 270 g/mol. The highest BCUT2D eigenvalue weighted by molar-refractivity contribution is 5.22. The van der Waals surface area contributed by atoms with Gasteiger partial charge in [-0.15, -0.1) is 0 Å². The minimum absolute atomic E-state index is 0.175. The van der Waals surface area contributed by atoms with Crippen LogP contribution < -0.4 is 5.32 Å². The zero-order valence-electron chi connectivity index (χ0n) is 11.6. The van der Waals surface area contributed by atoms with E-state index in [2.05, 4.69) is 16.4 Å². The van der Waals surface area contributed by atoms with Crippen LogP contribution in [0.25, 0.3) is 0 Å². The van der Waals surface area contributed by atoms with E-state index in [-0.39, 0.29) is 5.82 Å². The molecule has 1 aromatic carbocycles. The zero-order valence-corrected chi connectivity index (χ0v) is 11.6. The van der Waals surface area contributed by atoms with E-state index in [9.17, 15) is 4.39 Å². The van der Waals surface area contributed by atoms with E-state index in [4.69, 9.17) is 0 Å². The molecule has 1 heterocycles. The fourth-order valence-electron chi connectivity index (χ4n) is 2.49. The summed E-state index contributed by atoms with van der Waals surface area (Å²) in [6, 6.07) is 11.3. The predicted octanol–water partition coefficient (Wildman–Crippen LogP) is 3.77. The van der Waals surface area contributed by atoms with Gasteiger partial charge in [0, 0.05) is 24.5 Å². The van der Waals surface area contributed by atoms with Crippen LogP contribution in [-0.4, -0.2) is 4.98 Å². The third kappa shape index (κ3) is 3.23. The molecule has 1 atom stereocenters. The lowest BCUT2D eigenvalue weighted by Crippen LogP contribution is -2.22. The van der Waals surface area contributed by atoms with Crippen LogP contribution in [0.3, 0.4) is 0 Å². The molecule has 0 saturated heterocycles. The van der Waals surface area contributed by atoms with Crippen molar-refractivity contribution >= 4 is 0 Å². The van der Waals surface area contributed by atoms with Crippen LogP contribution in [0.5, 0.6) is 0 Å². The van der Waals surface area contributed by atoms with Crippen LogP contribution in [0.1, 0.15) is 35.7 Å². The molecule has 0 amide bonds. The number of halogens is 1. The summed E-state index contributed by atoms with van der Waals surface area (Å²) in [5.74, 6) is 0.505. The number of hydrogen-bond donors (Lipinski definition) is 1. The lowest BCUT2D eigenvalue weighted by molar-refractivity contribution is 0.479. The summed E-state index contributed by atoms with van der Waals surface area (Å²) in [7, 11) is 0. The summed E-state index contributed by atoms with van der Waals surface area (Å²) in [5, 5.41) is 3.59. The molecule has 1 N–H and O–H groups in total. The van der Waals surface area contributed by atoms with E-state index in [1.54, 1.807) is 12.1 Å². The highest BCUT2D eigenvalue weighted by atomic mass is 19.1. The van der Waals surface area contributed by atoms with Crippen molar-refractivity contribution < 1.29 is 4.39 Å². The van der Waals surface area contributed by atoms with Gasteiger partial charge in [-0.05, 0) is 55.0 Å². The Kier molecular flexibility index (Phi) is 3.79. The summed E-state index contributed by atoms with van der Waals surface area (Å²) < 4.78 is 13.0. The van der Waals surface area contributed by atoms with Gasteiger partial charge in [0.05, 0.1) is 0 Å². The Morgan fingerprint density at radius 2 is 1.95 bits per heavy atom. The molecular weight excluding hydrogens is 251 g/mol. The molecule has 20 heavy (non-hydrogen) atoms. The Bertz CT molecular complexity index is 559. The molecule has 0 spiro atoms. The fourth-order valence-corrected chi connectivity index (χ4v) is 2.49. The Balaban J connectivity index is 1.68. The van der Waals surface area contributed by atoms with E-state index in [1.165, 1.54) is 24.0 Å². The Labute approximate surface area is 119 Å². The number of nitrogens with one attached hydrogen (secondary N) is 1. The second kappa shape index (κ2) is 5.71. The molecule has 2 nitrogen and oxygen atoms in total. The molecule has 0 radical (unpaired) electrons. The van der Waals surface area contributed by atoms with Gasteiger partial charge in [0.25, 0.3) is 0 Å². The highest BCUT2D eigenvalue weighted by Gasteiger charge is 2.31. The van der Waals surface area contributed by atoms with Gasteiger partial charge in [0.1, 0.15) is 5.82 Å². The second-order valence-corrected chi connectivity index (χ2v) is 5.56. The van der Waals surface area contributed by atoms with Gasteiger partial charge in [0.2, 0.25) is 0 Å². The van der Waals surface area contributed by atoms with Crippen LogP contribution in [0.4, 0.5) is 4.39 Å². The van der Waals surface area contributed by atoms with E-state index < -0.39 is 0 Å². The molecule has 0 aliphatic heterocycles. The molecule has 104 valence electrons. The average Bonchev–Trinajstić information content (AvgIpc) is 3.28. The molecule has 1 aliphatic carbocycles. The van der Waals surface area contributed by atoms with Crippen molar-refractivity contribution in [1.82, 2.24) is 10.3 Å². The van der Waals surface area contributed by atoms with E-state index in [0.717, 1.165) is 12.2 Å². The van der Waals surface area contributed by atoms with Crippen molar-refractivity contribution in [2.75, 3.05) is 0 Å². The fraction of sp³-hybridized carbons (Fsp3) is 0.353. The standard InChI is InChI=1S/C17H19FN2/c1-12-2-3-13(10-19-12)11-20-17(14-4-5-14)15-6-8-16(18)9-7-15/h2-3,6-10,14,17,20H,4-5,11H2,1H3. The van der Waals surface area contributed by atoms with Gasteiger partial charge in [-0.25, -0.2) is 4.39 Å². The maximum absolute atomic E-state index is 13.0. The molecule has 1 saturated carbocycles. The summed E-state index contributed by atoms with van der Waals surface area (Å²) in [6.45, 7) is 2.79. The van der Waals surface area contributed by atoms with Gasteiger partial charge in [0.15, 0.2) is 0 Å². The van der Waals surface area contributed by atoms with E-state index in [1.807, 2.05) is 31.3 Å². The third-order valence-corrected chi connectivity index (χ3v) is 3.82. The van der Waals surface area contributed by atoms with Crippen LogP contribution >= 0.6 is 0 Å². The summed E-state index contributed by atoms with van der Waals surface area (Å²) in [6.07, 6.45) is 4.42. The molecule has 1 aromatic heterocycles. The zero-order chi connectivity index (χ0) is 13.9. The lowest BCUT2D eigenvalue weighted by atomic mass is 10.0. The number of aryl methyl sites for hydroxylation is 1. The van der Waals surface area contributed by atoms with Crippen LogP contribution in [0.15, 0.2) is 42.6 Å². The number of rotatable bonds is 5. The van der Waals surface area contributed by atoms with Crippen molar-refractivity contribution in [1.29, 1.82) is 0 Å². The Hall–Kier alpha value is -1.74. The van der Waals surface area contributed by atoms with Gasteiger partial charge >= 0.3 is 0 Å². The minimum atomic E-state index is -0.175. The van der Waals surface area contributed by atoms with Crippen LogP contribution in [0, 0.1) is 18.7 Å². The molecule has 3 rings (SSSR count). The number of benzene rings is 1. The first-order valence-electron chi connectivity index (χ1n) is 7.13. The first-order valence-corrected chi connectivity index (χ1v) is 7.13. The smallest absolute Gasteiger partial charge is 0.123 e. The van der Waals surface area contributed by atoms with Gasteiger partial charge < -0.3 is 5.32 Å². The Morgan fingerprint density at radius 3 is 2.55 bits per heavy atom. The van der Waals surface area contributed by atoms with Gasteiger partial charge in [-0.2, -0.15) is 0 Å². The number of aromatic nitrogens is 1. The van der Waals surface area contributed by atoms with Crippen molar-refractivity contribution in [3.8, 4) is 0 Å². The van der Waals surface area contributed by atoms with Crippen LogP contribution in [0.2, 0.25) is 0 Å². The quantitative estimate of drug-likeness (QED) is 0.894. The molecule has 0 bridgehead atoms. The molecule has 2 aromatic rings. The second-order valence-electron chi connectivity index (χ2n) is 5.56. The summed E-state index contributed by atoms with van der Waals surface area (Å²) in [5.41, 5.74) is 3.39. The van der Waals surface area contributed by atoms with Gasteiger partial charge in [-0.1, -0.05) is 18.2 Å². The number of nitrogens with zero attached hydrogens (tertiary/aromatic N) is 1.